The minimum atomic E-state index is 0.130. The van der Waals surface area contributed by atoms with Gasteiger partial charge < -0.3 is 5.32 Å². The first-order valence-electron chi connectivity index (χ1n) is 7.22. The second-order valence-corrected chi connectivity index (χ2v) is 6.11. The molecule has 104 valence electrons. The molecule has 1 aliphatic carbocycles. The number of carbonyl (C=O) groups is 1. The molecule has 1 aromatic rings. The largest absolute Gasteiger partial charge is 0.353 e. The van der Waals surface area contributed by atoms with Crippen LogP contribution in [-0.4, -0.2) is 11.9 Å². The highest BCUT2D eigenvalue weighted by molar-refractivity contribution is 7.80. The number of rotatable bonds is 4. The molecule has 1 N–H and O–H groups in total. The van der Waals surface area contributed by atoms with E-state index in [1.165, 1.54) is 32.1 Å². The highest BCUT2D eigenvalue weighted by atomic mass is 32.1. The summed E-state index contributed by atoms with van der Waals surface area (Å²) in [5.74, 6) is 0.794. The average molecular weight is 277 g/mol. The minimum absolute atomic E-state index is 0.130. The topological polar surface area (TPSA) is 29.1 Å². The summed E-state index contributed by atoms with van der Waals surface area (Å²) in [6.45, 7) is 2.14. The standard InChI is InChI=1S/C16H23NOS/c1-12(14-5-3-2-4-6-14)17-16(18)11-13-7-9-15(19)10-8-13/h7-10,12,14,19H,2-6,11H2,1H3,(H,17,18). The van der Waals surface area contributed by atoms with Crippen LogP contribution in [0.15, 0.2) is 29.2 Å². The first kappa shape index (κ1) is 14.4. The zero-order chi connectivity index (χ0) is 13.7. The molecule has 19 heavy (non-hydrogen) atoms. The van der Waals surface area contributed by atoms with E-state index in [0.717, 1.165) is 10.5 Å². The van der Waals surface area contributed by atoms with E-state index in [0.29, 0.717) is 18.4 Å². The monoisotopic (exact) mass is 277 g/mol. The number of amides is 1. The molecule has 0 radical (unpaired) electrons. The lowest BCUT2D eigenvalue weighted by Gasteiger charge is -2.28. The van der Waals surface area contributed by atoms with Crippen molar-refractivity contribution in [1.82, 2.24) is 5.32 Å². The van der Waals surface area contributed by atoms with Crippen LogP contribution in [0.1, 0.15) is 44.6 Å². The highest BCUT2D eigenvalue weighted by Crippen LogP contribution is 2.26. The van der Waals surface area contributed by atoms with Crippen LogP contribution in [0.2, 0.25) is 0 Å². The maximum Gasteiger partial charge on any atom is 0.224 e. The molecule has 0 spiro atoms. The van der Waals surface area contributed by atoms with Gasteiger partial charge in [-0.3, -0.25) is 4.79 Å². The quantitative estimate of drug-likeness (QED) is 0.809. The van der Waals surface area contributed by atoms with E-state index in [9.17, 15) is 4.79 Å². The van der Waals surface area contributed by atoms with Crippen molar-refractivity contribution >= 4 is 18.5 Å². The van der Waals surface area contributed by atoms with Crippen molar-refractivity contribution in [2.45, 2.75) is 56.4 Å². The number of carbonyl (C=O) groups excluding carboxylic acids is 1. The predicted molar refractivity (Wildman–Crippen MR) is 81.6 cm³/mol. The maximum absolute atomic E-state index is 12.0. The lowest BCUT2D eigenvalue weighted by molar-refractivity contribution is -0.121. The van der Waals surface area contributed by atoms with Crippen LogP contribution < -0.4 is 5.32 Å². The lowest BCUT2D eigenvalue weighted by atomic mass is 9.84. The smallest absolute Gasteiger partial charge is 0.224 e. The molecule has 1 amide bonds. The minimum Gasteiger partial charge on any atom is -0.353 e. The van der Waals surface area contributed by atoms with E-state index in [1.807, 2.05) is 24.3 Å². The molecule has 0 saturated heterocycles. The molecule has 1 fully saturated rings. The average Bonchev–Trinajstić information content (AvgIpc) is 2.42. The Morgan fingerprint density at radius 2 is 1.89 bits per heavy atom. The molecular weight excluding hydrogens is 254 g/mol. The van der Waals surface area contributed by atoms with Crippen molar-refractivity contribution in [2.75, 3.05) is 0 Å². The van der Waals surface area contributed by atoms with Crippen LogP contribution >= 0.6 is 12.6 Å². The fourth-order valence-corrected chi connectivity index (χ4v) is 3.01. The second kappa shape index (κ2) is 6.99. The molecule has 0 bridgehead atoms. The van der Waals surface area contributed by atoms with Gasteiger partial charge in [0, 0.05) is 10.9 Å². The van der Waals surface area contributed by atoms with E-state index < -0.39 is 0 Å². The van der Waals surface area contributed by atoms with Gasteiger partial charge in [0.05, 0.1) is 6.42 Å². The number of benzene rings is 1. The summed E-state index contributed by atoms with van der Waals surface area (Å²) >= 11 is 4.25. The SMILES string of the molecule is CC(NC(=O)Cc1ccc(S)cc1)C1CCCCC1. The Balaban J connectivity index is 1.81. The van der Waals surface area contributed by atoms with Crippen molar-refractivity contribution in [3.05, 3.63) is 29.8 Å². The summed E-state index contributed by atoms with van der Waals surface area (Å²) in [5, 5.41) is 3.15. The molecule has 2 nitrogen and oxygen atoms in total. The Labute approximate surface area is 121 Å². The van der Waals surface area contributed by atoms with Gasteiger partial charge in [0.25, 0.3) is 0 Å². The zero-order valence-corrected chi connectivity index (χ0v) is 12.5. The van der Waals surface area contributed by atoms with Gasteiger partial charge in [-0.1, -0.05) is 31.4 Å². The molecule has 3 heteroatoms. The molecular formula is C16H23NOS. The van der Waals surface area contributed by atoms with E-state index in [1.54, 1.807) is 0 Å². The van der Waals surface area contributed by atoms with Crippen LogP contribution in [0.5, 0.6) is 0 Å². The third-order valence-electron chi connectivity index (χ3n) is 4.05. The molecule has 1 atom stereocenters. The fourth-order valence-electron chi connectivity index (χ4n) is 2.86. The molecule has 0 aromatic heterocycles. The maximum atomic E-state index is 12.0. The van der Waals surface area contributed by atoms with Crippen LogP contribution in [0, 0.1) is 5.92 Å². The van der Waals surface area contributed by atoms with Crippen molar-refractivity contribution in [3.63, 3.8) is 0 Å². The third kappa shape index (κ3) is 4.57. The summed E-state index contributed by atoms with van der Waals surface area (Å²) < 4.78 is 0. The number of nitrogens with one attached hydrogen (secondary N) is 1. The molecule has 0 aliphatic heterocycles. The summed E-state index contributed by atoms with van der Waals surface area (Å²) in [6, 6.07) is 8.09. The van der Waals surface area contributed by atoms with Gasteiger partial charge in [-0.25, -0.2) is 0 Å². The van der Waals surface area contributed by atoms with E-state index >= 15 is 0 Å². The number of thiol groups is 1. The summed E-state index contributed by atoms with van der Waals surface area (Å²) in [5.41, 5.74) is 1.05. The Morgan fingerprint density at radius 1 is 1.26 bits per heavy atom. The lowest BCUT2D eigenvalue weighted by Crippen LogP contribution is -2.39. The molecule has 1 unspecified atom stereocenters. The van der Waals surface area contributed by atoms with Crippen LogP contribution in [0.4, 0.5) is 0 Å². The Bertz CT molecular complexity index is 409. The van der Waals surface area contributed by atoms with Gasteiger partial charge >= 0.3 is 0 Å². The molecule has 1 aromatic carbocycles. The van der Waals surface area contributed by atoms with Crippen LogP contribution in [0.3, 0.4) is 0 Å². The number of hydrogen-bond donors (Lipinski definition) is 2. The summed E-state index contributed by atoms with van der Waals surface area (Å²) in [6.07, 6.45) is 6.96. The van der Waals surface area contributed by atoms with E-state index in [-0.39, 0.29) is 5.91 Å². The normalized spacial score (nSPS) is 18.0. The second-order valence-electron chi connectivity index (χ2n) is 5.60. The number of hydrogen-bond acceptors (Lipinski definition) is 2. The third-order valence-corrected chi connectivity index (χ3v) is 4.34. The first-order valence-corrected chi connectivity index (χ1v) is 7.67. The van der Waals surface area contributed by atoms with Crippen LogP contribution in [0.25, 0.3) is 0 Å². The molecule has 1 aliphatic rings. The van der Waals surface area contributed by atoms with Gasteiger partial charge in [0.1, 0.15) is 0 Å². The highest BCUT2D eigenvalue weighted by Gasteiger charge is 2.21. The summed E-state index contributed by atoms with van der Waals surface area (Å²) in [7, 11) is 0. The van der Waals surface area contributed by atoms with E-state index in [4.69, 9.17) is 0 Å². The Hall–Kier alpha value is -0.960. The van der Waals surface area contributed by atoms with E-state index in [2.05, 4.69) is 24.9 Å². The molecule has 1 saturated carbocycles. The van der Waals surface area contributed by atoms with Crippen molar-refractivity contribution in [1.29, 1.82) is 0 Å². The van der Waals surface area contributed by atoms with Crippen molar-refractivity contribution in [2.24, 2.45) is 5.92 Å². The van der Waals surface area contributed by atoms with Gasteiger partial charge in [0.2, 0.25) is 5.91 Å². The van der Waals surface area contributed by atoms with Gasteiger partial charge in [0.15, 0.2) is 0 Å². The summed E-state index contributed by atoms with van der Waals surface area (Å²) in [4.78, 5) is 13.0. The fraction of sp³-hybridized carbons (Fsp3) is 0.562. The van der Waals surface area contributed by atoms with Crippen molar-refractivity contribution in [3.8, 4) is 0 Å². The van der Waals surface area contributed by atoms with Crippen molar-refractivity contribution < 1.29 is 4.79 Å². The van der Waals surface area contributed by atoms with Gasteiger partial charge in [-0.05, 0) is 43.4 Å². The van der Waals surface area contributed by atoms with Gasteiger partial charge in [-0.15, -0.1) is 12.6 Å². The Kier molecular flexibility index (Phi) is 5.32. The van der Waals surface area contributed by atoms with Crippen LogP contribution in [-0.2, 0) is 11.2 Å². The van der Waals surface area contributed by atoms with Gasteiger partial charge in [-0.2, -0.15) is 0 Å². The molecule has 2 rings (SSSR count). The molecule has 0 heterocycles. The predicted octanol–water partition coefficient (Wildman–Crippen LogP) is 3.60. The Morgan fingerprint density at radius 3 is 2.53 bits per heavy atom. The zero-order valence-electron chi connectivity index (χ0n) is 11.6. The first-order chi connectivity index (χ1) is 9.15.